The van der Waals surface area contributed by atoms with Crippen molar-refractivity contribution in [2.45, 2.75) is 19.0 Å². The highest BCUT2D eigenvalue weighted by Gasteiger charge is 2.20. The molecule has 0 radical (unpaired) electrons. The van der Waals surface area contributed by atoms with Crippen LogP contribution >= 0.6 is 23.1 Å². The smallest absolute Gasteiger partial charge is 0.109 e. The molecule has 1 N–H and O–H groups in total. The van der Waals surface area contributed by atoms with Crippen LogP contribution in [0.3, 0.4) is 0 Å². The molecule has 2 nitrogen and oxygen atoms in total. The molecule has 0 aliphatic carbocycles. The molecule has 1 aromatic heterocycles. The lowest BCUT2D eigenvalue weighted by atomic mass is 10.3. The van der Waals surface area contributed by atoms with Gasteiger partial charge in [-0.25, -0.2) is 4.98 Å². The van der Waals surface area contributed by atoms with Crippen LogP contribution < -0.4 is 5.32 Å². The molecule has 0 amide bonds. The van der Waals surface area contributed by atoms with Gasteiger partial charge in [0.1, 0.15) is 5.01 Å². The Hall–Kier alpha value is -0.0600. The average Bonchev–Trinajstić information content (AvgIpc) is 2.47. The highest BCUT2D eigenvalue weighted by atomic mass is 32.2. The lowest BCUT2D eigenvalue weighted by Gasteiger charge is -2.28. The monoisotopic (exact) mass is 200 g/mol. The fourth-order valence-electron chi connectivity index (χ4n) is 1.21. The summed E-state index contributed by atoms with van der Waals surface area (Å²) in [6, 6.07) is 1.14. The van der Waals surface area contributed by atoms with Crippen LogP contribution in [0, 0.1) is 0 Å². The van der Waals surface area contributed by atoms with Crippen LogP contribution in [-0.4, -0.2) is 22.5 Å². The van der Waals surface area contributed by atoms with Gasteiger partial charge in [-0.3, -0.25) is 0 Å². The van der Waals surface area contributed by atoms with Crippen LogP contribution in [0.2, 0.25) is 0 Å². The van der Waals surface area contributed by atoms with Crippen molar-refractivity contribution in [3.05, 3.63) is 16.6 Å². The number of rotatable bonds is 3. The van der Waals surface area contributed by atoms with Crippen molar-refractivity contribution in [2.75, 3.05) is 11.5 Å². The molecule has 0 bridgehead atoms. The molecule has 66 valence electrons. The molecule has 1 aromatic rings. The molecule has 1 unspecified atom stereocenters. The number of hydrogen-bond acceptors (Lipinski definition) is 4. The molecule has 0 aromatic carbocycles. The van der Waals surface area contributed by atoms with Crippen molar-refractivity contribution in [1.82, 2.24) is 10.3 Å². The first-order valence-corrected chi connectivity index (χ1v) is 6.13. The maximum Gasteiger partial charge on any atom is 0.109 e. The van der Waals surface area contributed by atoms with Gasteiger partial charge >= 0.3 is 0 Å². The van der Waals surface area contributed by atoms with Gasteiger partial charge in [0.2, 0.25) is 0 Å². The summed E-state index contributed by atoms with van der Waals surface area (Å²) in [5.74, 6) is 2.52. The Balaban J connectivity index is 1.87. The Morgan fingerprint density at radius 3 is 3.00 bits per heavy atom. The minimum Gasteiger partial charge on any atom is -0.304 e. The average molecular weight is 200 g/mol. The summed E-state index contributed by atoms with van der Waals surface area (Å²) in [7, 11) is 0. The van der Waals surface area contributed by atoms with Gasteiger partial charge in [0.25, 0.3) is 0 Å². The van der Waals surface area contributed by atoms with Crippen LogP contribution in [0.4, 0.5) is 0 Å². The number of aromatic nitrogens is 1. The van der Waals surface area contributed by atoms with Crippen molar-refractivity contribution in [3.8, 4) is 0 Å². The standard InChI is InChI=1S/C8H12N2S2/c1-6(8-9-2-3-12-8)10-7-4-11-5-7/h2-3,6-7,10H,4-5H2,1H3. The molecule has 1 saturated heterocycles. The van der Waals surface area contributed by atoms with Crippen LogP contribution in [0.1, 0.15) is 18.0 Å². The minimum atomic E-state index is 0.427. The maximum absolute atomic E-state index is 4.28. The van der Waals surface area contributed by atoms with Gasteiger partial charge in [0.05, 0.1) is 6.04 Å². The predicted molar refractivity (Wildman–Crippen MR) is 54.8 cm³/mol. The number of nitrogens with one attached hydrogen (secondary N) is 1. The third-order valence-corrected chi connectivity index (χ3v) is 4.18. The van der Waals surface area contributed by atoms with Gasteiger partial charge in [0, 0.05) is 29.1 Å². The van der Waals surface area contributed by atoms with Crippen molar-refractivity contribution >= 4 is 23.1 Å². The number of hydrogen-bond donors (Lipinski definition) is 1. The van der Waals surface area contributed by atoms with Crippen molar-refractivity contribution in [2.24, 2.45) is 0 Å². The molecule has 2 heterocycles. The maximum atomic E-state index is 4.28. The zero-order valence-electron chi connectivity index (χ0n) is 6.99. The van der Waals surface area contributed by atoms with Crippen molar-refractivity contribution in [1.29, 1.82) is 0 Å². The summed E-state index contributed by atoms with van der Waals surface area (Å²) < 4.78 is 0. The molecular weight excluding hydrogens is 188 g/mol. The van der Waals surface area contributed by atoms with Gasteiger partial charge in [0.15, 0.2) is 0 Å². The third kappa shape index (κ3) is 1.81. The summed E-state index contributed by atoms with van der Waals surface area (Å²) in [6.45, 7) is 2.18. The zero-order valence-corrected chi connectivity index (χ0v) is 8.62. The van der Waals surface area contributed by atoms with E-state index in [0.717, 1.165) is 0 Å². The second-order valence-corrected chi connectivity index (χ2v) is 4.99. The van der Waals surface area contributed by atoms with E-state index in [1.54, 1.807) is 11.3 Å². The van der Waals surface area contributed by atoms with Gasteiger partial charge in [-0.1, -0.05) is 0 Å². The topological polar surface area (TPSA) is 24.9 Å². The lowest BCUT2D eigenvalue weighted by Crippen LogP contribution is -2.41. The molecule has 4 heteroatoms. The van der Waals surface area contributed by atoms with Crippen molar-refractivity contribution in [3.63, 3.8) is 0 Å². The summed E-state index contributed by atoms with van der Waals surface area (Å²) >= 11 is 3.73. The van der Waals surface area contributed by atoms with E-state index in [1.165, 1.54) is 16.5 Å². The van der Waals surface area contributed by atoms with Crippen LogP contribution in [-0.2, 0) is 0 Å². The van der Waals surface area contributed by atoms with Crippen LogP contribution in [0.15, 0.2) is 11.6 Å². The predicted octanol–water partition coefficient (Wildman–Crippen LogP) is 1.91. The molecular formula is C8H12N2S2. The lowest BCUT2D eigenvalue weighted by molar-refractivity contribution is 0.501. The Morgan fingerprint density at radius 2 is 2.50 bits per heavy atom. The molecule has 1 atom stereocenters. The fourth-order valence-corrected chi connectivity index (χ4v) is 2.52. The van der Waals surface area contributed by atoms with E-state index in [-0.39, 0.29) is 0 Å². The zero-order chi connectivity index (χ0) is 8.39. The Labute approximate surface area is 80.8 Å². The van der Waals surface area contributed by atoms with Crippen LogP contribution in [0.25, 0.3) is 0 Å². The van der Waals surface area contributed by atoms with E-state index in [0.29, 0.717) is 12.1 Å². The van der Waals surface area contributed by atoms with Gasteiger partial charge in [-0.15, -0.1) is 11.3 Å². The second-order valence-electron chi connectivity index (χ2n) is 2.99. The minimum absolute atomic E-state index is 0.427. The number of thioether (sulfide) groups is 1. The quantitative estimate of drug-likeness (QED) is 0.807. The Bertz CT molecular complexity index is 231. The van der Waals surface area contributed by atoms with Crippen LogP contribution in [0.5, 0.6) is 0 Å². The summed E-state index contributed by atoms with van der Waals surface area (Å²) in [6.07, 6.45) is 1.87. The SMILES string of the molecule is CC(NC1CSC1)c1nccs1. The summed E-state index contributed by atoms with van der Waals surface area (Å²) in [4.78, 5) is 4.28. The number of thiazole rings is 1. The summed E-state index contributed by atoms with van der Waals surface area (Å²) in [5.41, 5.74) is 0. The van der Waals surface area contributed by atoms with E-state index < -0.39 is 0 Å². The fraction of sp³-hybridized carbons (Fsp3) is 0.625. The highest BCUT2D eigenvalue weighted by Crippen LogP contribution is 2.22. The van der Waals surface area contributed by atoms with E-state index in [4.69, 9.17) is 0 Å². The van der Waals surface area contributed by atoms with Crippen molar-refractivity contribution < 1.29 is 0 Å². The Kier molecular flexibility index (Phi) is 2.68. The van der Waals surface area contributed by atoms with E-state index in [2.05, 4.69) is 17.2 Å². The molecule has 1 fully saturated rings. The van der Waals surface area contributed by atoms with Gasteiger partial charge in [-0.05, 0) is 6.92 Å². The first-order valence-electron chi connectivity index (χ1n) is 4.09. The van der Waals surface area contributed by atoms with E-state index in [9.17, 15) is 0 Å². The molecule has 2 rings (SSSR count). The summed E-state index contributed by atoms with van der Waals surface area (Å²) in [5, 5.41) is 6.78. The van der Waals surface area contributed by atoms with Gasteiger partial charge < -0.3 is 5.32 Å². The normalized spacial score (nSPS) is 20.4. The van der Waals surface area contributed by atoms with E-state index >= 15 is 0 Å². The second kappa shape index (κ2) is 3.77. The first-order chi connectivity index (χ1) is 5.86. The Morgan fingerprint density at radius 1 is 1.67 bits per heavy atom. The van der Waals surface area contributed by atoms with E-state index in [1.807, 2.05) is 23.3 Å². The number of nitrogens with zero attached hydrogens (tertiary/aromatic N) is 1. The molecule has 0 saturated carbocycles. The van der Waals surface area contributed by atoms with Gasteiger partial charge in [-0.2, -0.15) is 11.8 Å². The molecule has 12 heavy (non-hydrogen) atoms. The highest BCUT2D eigenvalue weighted by molar-refractivity contribution is 8.00. The largest absolute Gasteiger partial charge is 0.304 e. The molecule has 1 aliphatic rings. The molecule has 1 aliphatic heterocycles. The third-order valence-electron chi connectivity index (χ3n) is 1.95. The molecule has 0 spiro atoms. The first kappa shape index (κ1) is 8.53.